The number of likely N-dealkylation sites (N-methyl/N-ethyl adjacent to an activating group) is 1. The number of carbonyl (C=O) groups is 2. The van der Waals surface area contributed by atoms with Crippen LogP contribution in [0.3, 0.4) is 0 Å². The van der Waals surface area contributed by atoms with Crippen molar-refractivity contribution in [1.29, 1.82) is 0 Å². The molecule has 1 aromatic rings. The van der Waals surface area contributed by atoms with Crippen LogP contribution in [0.2, 0.25) is 0 Å². The van der Waals surface area contributed by atoms with Gasteiger partial charge in [-0.05, 0) is 26.0 Å². The fourth-order valence-electron chi connectivity index (χ4n) is 3.71. The van der Waals surface area contributed by atoms with Gasteiger partial charge in [-0.1, -0.05) is 18.2 Å². The van der Waals surface area contributed by atoms with Gasteiger partial charge in [0, 0.05) is 11.3 Å². The minimum Gasteiger partial charge on any atom is -0.477 e. The normalized spacial score (nSPS) is 23.3. The maximum absolute atomic E-state index is 12.1. The summed E-state index contributed by atoms with van der Waals surface area (Å²) < 4.78 is 0.659. The Hall–Kier alpha value is -1.83. The van der Waals surface area contributed by atoms with Crippen molar-refractivity contribution in [2.45, 2.75) is 25.3 Å². The van der Waals surface area contributed by atoms with Crippen LogP contribution in [-0.4, -0.2) is 58.7 Å². The smallest absolute Gasteiger partial charge is 0.352 e. The molecule has 2 aliphatic heterocycles. The summed E-state index contributed by atoms with van der Waals surface area (Å²) in [6.45, 7) is 6.50. The standard InChI is InChI=1S/C18H23N3O3S/c1-3-21(4-2,13-8-6-5-7-9-13)10-12-11-25-17-14(19)16(22)20(17)15(12)18(23)24/h5-9,14,17H,3-4,10-11,19H2,1-2H3/p+1/t14-,17-/m1/s1. The quantitative estimate of drug-likeness (QED) is 0.593. The molecular formula is C18H24N3O3S+. The fraction of sp³-hybridized carbons (Fsp3) is 0.444. The number of rotatable bonds is 6. The van der Waals surface area contributed by atoms with Crippen LogP contribution in [0.4, 0.5) is 5.69 Å². The number of fused-ring (bicyclic) bond motifs is 1. The highest BCUT2D eigenvalue weighted by Crippen LogP contribution is 2.40. The predicted octanol–water partition coefficient (Wildman–Crippen LogP) is 1.61. The van der Waals surface area contributed by atoms with Gasteiger partial charge in [-0.25, -0.2) is 4.79 Å². The second kappa shape index (κ2) is 6.82. The second-order valence-electron chi connectivity index (χ2n) is 6.46. The van der Waals surface area contributed by atoms with Gasteiger partial charge in [0.25, 0.3) is 0 Å². The first kappa shape index (κ1) is 18.0. The molecule has 1 amide bonds. The van der Waals surface area contributed by atoms with E-state index in [-0.39, 0.29) is 17.0 Å². The van der Waals surface area contributed by atoms with Crippen molar-refractivity contribution in [2.24, 2.45) is 5.73 Å². The highest BCUT2D eigenvalue weighted by molar-refractivity contribution is 8.00. The Morgan fingerprint density at radius 1 is 1.32 bits per heavy atom. The first-order chi connectivity index (χ1) is 11.9. The summed E-state index contributed by atoms with van der Waals surface area (Å²) in [6.07, 6.45) is 0. The molecule has 0 aromatic heterocycles. The van der Waals surface area contributed by atoms with E-state index in [0.717, 1.165) is 24.4 Å². The van der Waals surface area contributed by atoms with Crippen molar-refractivity contribution >= 4 is 29.3 Å². The maximum Gasteiger partial charge on any atom is 0.352 e. The number of nitrogens with zero attached hydrogens (tertiary/aromatic N) is 2. The molecule has 2 atom stereocenters. The number of carboxylic acid groups (broad SMARTS) is 1. The highest BCUT2D eigenvalue weighted by Gasteiger charge is 2.52. The number of amides is 1. The van der Waals surface area contributed by atoms with E-state index in [9.17, 15) is 14.7 Å². The summed E-state index contributed by atoms with van der Waals surface area (Å²) in [7, 11) is 0. The van der Waals surface area contributed by atoms with E-state index >= 15 is 0 Å². The van der Waals surface area contributed by atoms with Crippen LogP contribution in [-0.2, 0) is 9.59 Å². The lowest BCUT2D eigenvalue weighted by molar-refractivity contribution is -0.148. The van der Waals surface area contributed by atoms with Gasteiger partial charge in [-0.3, -0.25) is 14.2 Å². The number of benzene rings is 1. The van der Waals surface area contributed by atoms with Gasteiger partial charge in [0.05, 0.1) is 13.1 Å². The molecule has 0 spiro atoms. The van der Waals surface area contributed by atoms with Gasteiger partial charge in [0.15, 0.2) is 0 Å². The Bertz CT molecular complexity index is 716. The molecule has 0 saturated carbocycles. The minimum absolute atomic E-state index is 0.135. The first-order valence-corrected chi connectivity index (χ1v) is 9.57. The van der Waals surface area contributed by atoms with Crippen molar-refractivity contribution < 1.29 is 14.7 Å². The number of hydrogen-bond donors (Lipinski definition) is 2. The SMILES string of the molecule is CC[N+](CC)(CC1=C(C(=O)O)N2C(=O)[C@@H](N)[C@H]2SC1)c1ccccc1. The molecule has 25 heavy (non-hydrogen) atoms. The molecule has 2 aliphatic rings. The van der Waals surface area contributed by atoms with Crippen LogP contribution in [0.1, 0.15) is 13.8 Å². The molecule has 0 bridgehead atoms. The molecule has 6 nitrogen and oxygen atoms in total. The van der Waals surface area contributed by atoms with E-state index in [4.69, 9.17) is 5.73 Å². The predicted molar refractivity (Wildman–Crippen MR) is 99.9 cm³/mol. The van der Waals surface area contributed by atoms with Gasteiger partial charge in [-0.15, -0.1) is 11.8 Å². The summed E-state index contributed by atoms with van der Waals surface area (Å²) in [4.78, 5) is 25.4. The molecule has 1 aromatic carbocycles. The van der Waals surface area contributed by atoms with Crippen molar-refractivity contribution in [1.82, 2.24) is 9.38 Å². The second-order valence-corrected chi connectivity index (χ2v) is 7.57. The zero-order chi connectivity index (χ0) is 18.2. The van der Waals surface area contributed by atoms with Crippen LogP contribution in [0, 0.1) is 0 Å². The van der Waals surface area contributed by atoms with E-state index in [1.54, 1.807) is 11.8 Å². The molecule has 134 valence electrons. The van der Waals surface area contributed by atoms with Crippen molar-refractivity contribution in [3.05, 3.63) is 41.6 Å². The average Bonchev–Trinajstić information content (AvgIpc) is 2.65. The Morgan fingerprint density at radius 3 is 2.52 bits per heavy atom. The number of quaternary nitrogens is 1. The molecule has 3 rings (SSSR count). The molecule has 3 N–H and O–H groups in total. The fourth-order valence-corrected chi connectivity index (χ4v) is 5.00. The number of para-hydroxylation sites is 1. The Kier molecular flexibility index (Phi) is 4.90. The Morgan fingerprint density at radius 2 is 1.96 bits per heavy atom. The summed E-state index contributed by atoms with van der Waals surface area (Å²) in [6, 6.07) is 9.56. The molecule has 0 aliphatic carbocycles. The number of carbonyl (C=O) groups excluding carboxylic acids is 1. The number of carboxylic acids is 1. The molecular weight excluding hydrogens is 338 g/mol. The first-order valence-electron chi connectivity index (χ1n) is 8.52. The van der Waals surface area contributed by atoms with E-state index in [0.29, 0.717) is 16.8 Å². The lowest BCUT2D eigenvalue weighted by Gasteiger charge is -2.49. The molecule has 1 fully saturated rings. The number of aliphatic carboxylic acids is 1. The van der Waals surface area contributed by atoms with Crippen molar-refractivity contribution in [3.63, 3.8) is 0 Å². The highest BCUT2D eigenvalue weighted by atomic mass is 32.2. The summed E-state index contributed by atoms with van der Waals surface area (Å²) in [5.41, 5.74) is 7.92. The average molecular weight is 362 g/mol. The zero-order valence-corrected chi connectivity index (χ0v) is 15.3. The molecule has 2 heterocycles. The number of thioether (sulfide) groups is 1. The van der Waals surface area contributed by atoms with E-state index < -0.39 is 12.0 Å². The van der Waals surface area contributed by atoms with Crippen molar-refractivity contribution in [3.8, 4) is 0 Å². The summed E-state index contributed by atoms with van der Waals surface area (Å²) in [5.74, 6) is -0.742. The minimum atomic E-state index is -1.04. The summed E-state index contributed by atoms with van der Waals surface area (Å²) >= 11 is 1.56. The molecule has 0 unspecified atom stereocenters. The van der Waals surface area contributed by atoms with Gasteiger partial charge in [-0.2, -0.15) is 0 Å². The molecule has 1 saturated heterocycles. The zero-order valence-electron chi connectivity index (χ0n) is 14.5. The summed E-state index contributed by atoms with van der Waals surface area (Å²) in [5, 5.41) is 9.49. The van der Waals surface area contributed by atoms with E-state index in [1.165, 1.54) is 4.90 Å². The van der Waals surface area contributed by atoms with Gasteiger partial charge < -0.3 is 10.8 Å². The maximum atomic E-state index is 12.1. The third-order valence-electron chi connectivity index (χ3n) is 5.30. The van der Waals surface area contributed by atoms with Gasteiger partial charge >= 0.3 is 5.97 Å². The van der Waals surface area contributed by atoms with Gasteiger partial charge in [0.2, 0.25) is 5.91 Å². The van der Waals surface area contributed by atoms with Crippen LogP contribution >= 0.6 is 11.8 Å². The third kappa shape index (κ3) is 2.86. The largest absolute Gasteiger partial charge is 0.477 e. The van der Waals surface area contributed by atoms with Crippen LogP contribution in [0.25, 0.3) is 0 Å². The number of β-lactam (4-membered cyclic amide) rings is 1. The lowest BCUT2D eigenvalue weighted by Crippen LogP contribution is -2.69. The number of hydrogen-bond acceptors (Lipinski definition) is 4. The van der Waals surface area contributed by atoms with E-state index in [1.807, 2.05) is 18.2 Å². The van der Waals surface area contributed by atoms with Gasteiger partial charge in [0.1, 0.15) is 29.3 Å². The van der Waals surface area contributed by atoms with Crippen LogP contribution < -0.4 is 10.2 Å². The molecule has 0 radical (unpaired) electrons. The molecule has 7 heteroatoms. The number of nitrogens with two attached hydrogens (primary N) is 1. The lowest BCUT2D eigenvalue weighted by atomic mass is 10.0. The Labute approximate surface area is 151 Å². The topological polar surface area (TPSA) is 83.6 Å². The van der Waals surface area contributed by atoms with E-state index in [2.05, 4.69) is 26.0 Å². The monoisotopic (exact) mass is 362 g/mol. The van der Waals surface area contributed by atoms with Crippen LogP contribution in [0.15, 0.2) is 41.6 Å². The van der Waals surface area contributed by atoms with Crippen molar-refractivity contribution in [2.75, 3.05) is 25.4 Å². The van der Waals surface area contributed by atoms with Crippen LogP contribution in [0.5, 0.6) is 0 Å². The third-order valence-corrected chi connectivity index (χ3v) is 6.66. The Balaban J connectivity index is 2.01.